The van der Waals surface area contributed by atoms with Gasteiger partial charge in [0.1, 0.15) is 18.2 Å². The molecule has 0 atom stereocenters. The lowest BCUT2D eigenvalue weighted by atomic mass is 10.0. The van der Waals surface area contributed by atoms with Gasteiger partial charge in [0, 0.05) is 5.56 Å². The third-order valence-corrected chi connectivity index (χ3v) is 6.50. The molecule has 5 nitrogen and oxygen atoms in total. The summed E-state index contributed by atoms with van der Waals surface area (Å²) in [6.45, 7) is 5.69. The SMILES string of the molecule is Cc1ccc(C(=O)NS(=O)(=O)C2CC2)cc1OCc1c(C)cc(F)cc1C. The number of carbonyl (C=O) groups excluding carboxylic acids is 1. The average Bonchev–Trinajstić information content (AvgIpc) is 3.40. The van der Waals surface area contributed by atoms with Crippen LogP contribution in [-0.2, 0) is 16.6 Å². The summed E-state index contributed by atoms with van der Waals surface area (Å²) in [5.74, 6) is -0.476. The standard InChI is InChI=1S/C20H22FNO4S/c1-12-4-5-15(20(23)22-27(24,25)17-6-7-17)10-19(12)26-11-18-13(2)8-16(21)9-14(18)3/h4-5,8-10,17H,6-7,11H2,1-3H3,(H,22,23). The summed E-state index contributed by atoms with van der Waals surface area (Å²) in [6, 6.07) is 7.70. The number of rotatable bonds is 6. The molecule has 0 aromatic heterocycles. The van der Waals surface area contributed by atoms with E-state index in [2.05, 4.69) is 4.72 Å². The third-order valence-electron chi connectivity index (χ3n) is 4.68. The number of aryl methyl sites for hydroxylation is 3. The number of ether oxygens (including phenoxy) is 1. The van der Waals surface area contributed by atoms with Crippen LogP contribution in [0.15, 0.2) is 30.3 Å². The van der Waals surface area contributed by atoms with E-state index in [9.17, 15) is 17.6 Å². The second-order valence-corrected chi connectivity index (χ2v) is 8.92. The third kappa shape index (κ3) is 4.47. The lowest BCUT2D eigenvalue weighted by Crippen LogP contribution is -2.33. The largest absolute Gasteiger partial charge is 0.489 e. The van der Waals surface area contributed by atoms with E-state index in [1.54, 1.807) is 12.1 Å². The summed E-state index contributed by atoms with van der Waals surface area (Å²) in [5.41, 5.74) is 3.48. The van der Waals surface area contributed by atoms with E-state index in [1.165, 1.54) is 18.2 Å². The number of hydrogen-bond acceptors (Lipinski definition) is 4. The number of halogens is 1. The van der Waals surface area contributed by atoms with E-state index in [0.29, 0.717) is 18.6 Å². The predicted octanol–water partition coefficient (Wildman–Crippen LogP) is 3.55. The Labute approximate surface area is 158 Å². The Bertz CT molecular complexity index is 974. The molecule has 1 aliphatic carbocycles. The van der Waals surface area contributed by atoms with Gasteiger partial charge >= 0.3 is 0 Å². The van der Waals surface area contributed by atoms with Gasteiger partial charge in [-0.05, 0) is 80.1 Å². The first-order chi connectivity index (χ1) is 12.7. The van der Waals surface area contributed by atoms with E-state index >= 15 is 0 Å². The van der Waals surface area contributed by atoms with E-state index in [0.717, 1.165) is 22.3 Å². The molecule has 0 saturated heterocycles. The van der Waals surface area contributed by atoms with Crippen LogP contribution in [0.4, 0.5) is 4.39 Å². The molecule has 0 radical (unpaired) electrons. The first-order valence-electron chi connectivity index (χ1n) is 8.72. The Morgan fingerprint density at radius 3 is 2.33 bits per heavy atom. The van der Waals surface area contributed by atoms with Crippen molar-refractivity contribution in [1.29, 1.82) is 0 Å². The highest BCUT2D eigenvalue weighted by atomic mass is 32.2. The second-order valence-electron chi connectivity index (χ2n) is 6.96. The quantitative estimate of drug-likeness (QED) is 0.817. The molecule has 27 heavy (non-hydrogen) atoms. The Kier molecular flexibility index (Phi) is 5.24. The minimum atomic E-state index is -3.60. The maximum Gasteiger partial charge on any atom is 0.264 e. The number of sulfonamides is 1. The molecule has 0 aliphatic heterocycles. The topological polar surface area (TPSA) is 72.5 Å². The Balaban J connectivity index is 1.77. The predicted molar refractivity (Wildman–Crippen MR) is 101 cm³/mol. The van der Waals surface area contributed by atoms with Gasteiger partial charge in [0.2, 0.25) is 10.0 Å². The molecular formula is C20H22FNO4S. The molecule has 0 unspecified atom stereocenters. The maximum absolute atomic E-state index is 13.4. The summed E-state index contributed by atoms with van der Waals surface area (Å²) in [5, 5.41) is -0.466. The van der Waals surface area contributed by atoms with Gasteiger partial charge in [0.15, 0.2) is 0 Å². The van der Waals surface area contributed by atoms with Crippen molar-refractivity contribution in [2.45, 2.75) is 45.5 Å². The van der Waals surface area contributed by atoms with Crippen LogP contribution in [-0.4, -0.2) is 19.6 Å². The van der Waals surface area contributed by atoms with Gasteiger partial charge < -0.3 is 4.74 Å². The van der Waals surface area contributed by atoms with E-state index in [1.807, 2.05) is 20.8 Å². The number of benzene rings is 2. The molecule has 7 heteroatoms. The van der Waals surface area contributed by atoms with E-state index < -0.39 is 21.2 Å². The van der Waals surface area contributed by atoms with Crippen molar-refractivity contribution in [2.75, 3.05) is 0 Å². The van der Waals surface area contributed by atoms with E-state index in [-0.39, 0.29) is 18.0 Å². The van der Waals surface area contributed by atoms with Crippen molar-refractivity contribution in [1.82, 2.24) is 4.72 Å². The van der Waals surface area contributed by atoms with Crippen LogP contribution in [0.1, 0.15) is 45.5 Å². The second kappa shape index (κ2) is 7.31. The first-order valence-corrected chi connectivity index (χ1v) is 10.3. The van der Waals surface area contributed by atoms with E-state index in [4.69, 9.17) is 4.74 Å². The molecule has 1 N–H and O–H groups in total. The Morgan fingerprint density at radius 1 is 1.11 bits per heavy atom. The summed E-state index contributed by atoms with van der Waals surface area (Å²) in [6.07, 6.45) is 1.17. The van der Waals surface area contributed by atoms with Crippen LogP contribution in [0.2, 0.25) is 0 Å². The lowest BCUT2D eigenvalue weighted by Gasteiger charge is -2.14. The van der Waals surface area contributed by atoms with Crippen molar-refractivity contribution in [3.8, 4) is 5.75 Å². The Hall–Kier alpha value is -2.41. The maximum atomic E-state index is 13.4. The average molecular weight is 391 g/mol. The van der Waals surface area contributed by atoms with Crippen molar-refractivity contribution in [2.24, 2.45) is 0 Å². The molecule has 1 saturated carbocycles. The number of amides is 1. The normalized spacial score (nSPS) is 14.1. The zero-order valence-corrected chi connectivity index (χ0v) is 16.3. The molecule has 1 fully saturated rings. The zero-order valence-electron chi connectivity index (χ0n) is 15.5. The molecule has 2 aromatic rings. The zero-order chi connectivity index (χ0) is 19.8. The van der Waals surface area contributed by atoms with Gasteiger partial charge in [-0.3, -0.25) is 4.79 Å². The fraction of sp³-hybridized carbons (Fsp3) is 0.350. The summed E-state index contributed by atoms with van der Waals surface area (Å²) in [4.78, 5) is 12.3. The minimum Gasteiger partial charge on any atom is -0.489 e. The minimum absolute atomic E-state index is 0.215. The fourth-order valence-corrected chi connectivity index (χ4v) is 4.16. The monoisotopic (exact) mass is 391 g/mol. The van der Waals surface area contributed by atoms with Crippen LogP contribution in [0, 0.1) is 26.6 Å². The number of hydrogen-bond donors (Lipinski definition) is 1. The van der Waals surface area contributed by atoms with Crippen LogP contribution < -0.4 is 9.46 Å². The van der Waals surface area contributed by atoms with Crippen LogP contribution in [0.25, 0.3) is 0 Å². The van der Waals surface area contributed by atoms with Gasteiger partial charge in [-0.15, -0.1) is 0 Å². The fourth-order valence-electron chi connectivity index (χ4n) is 2.86. The summed E-state index contributed by atoms with van der Waals surface area (Å²) in [7, 11) is -3.60. The summed E-state index contributed by atoms with van der Waals surface area (Å²) < 4.78 is 45.3. The van der Waals surface area contributed by atoms with Gasteiger partial charge in [0.05, 0.1) is 5.25 Å². The highest BCUT2D eigenvalue weighted by Crippen LogP contribution is 2.28. The van der Waals surface area contributed by atoms with Crippen molar-refractivity contribution in [3.05, 3.63) is 64.0 Å². The van der Waals surface area contributed by atoms with Crippen LogP contribution >= 0.6 is 0 Å². The van der Waals surface area contributed by atoms with Crippen LogP contribution in [0.3, 0.4) is 0 Å². The number of carbonyl (C=O) groups is 1. The van der Waals surface area contributed by atoms with Crippen molar-refractivity contribution >= 4 is 15.9 Å². The highest BCUT2D eigenvalue weighted by Gasteiger charge is 2.37. The molecule has 0 bridgehead atoms. The van der Waals surface area contributed by atoms with Gasteiger partial charge in [0.25, 0.3) is 5.91 Å². The smallest absolute Gasteiger partial charge is 0.264 e. The number of nitrogens with one attached hydrogen (secondary N) is 1. The molecule has 0 spiro atoms. The van der Waals surface area contributed by atoms with Crippen molar-refractivity contribution in [3.63, 3.8) is 0 Å². The first kappa shape index (κ1) is 19.4. The molecule has 3 rings (SSSR count). The molecular weight excluding hydrogens is 369 g/mol. The Morgan fingerprint density at radius 2 is 1.74 bits per heavy atom. The molecule has 144 valence electrons. The lowest BCUT2D eigenvalue weighted by molar-refractivity contribution is 0.0981. The van der Waals surface area contributed by atoms with Gasteiger partial charge in [-0.25, -0.2) is 17.5 Å². The molecule has 2 aromatic carbocycles. The van der Waals surface area contributed by atoms with Crippen LogP contribution in [0.5, 0.6) is 5.75 Å². The van der Waals surface area contributed by atoms with Crippen molar-refractivity contribution < 1.29 is 22.3 Å². The van der Waals surface area contributed by atoms with Gasteiger partial charge in [-0.2, -0.15) is 0 Å². The molecule has 1 aliphatic rings. The molecule has 0 heterocycles. The van der Waals surface area contributed by atoms with Gasteiger partial charge in [-0.1, -0.05) is 6.07 Å². The highest BCUT2D eigenvalue weighted by molar-refractivity contribution is 7.91. The summed E-state index contributed by atoms with van der Waals surface area (Å²) >= 11 is 0. The molecule has 1 amide bonds.